The van der Waals surface area contributed by atoms with Crippen LogP contribution in [0.4, 0.5) is 14.5 Å². The summed E-state index contributed by atoms with van der Waals surface area (Å²) in [7, 11) is 0. The first-order valence-electron chi connectivity index (χ1n) is 7.80. The molecule has 134 valence electrons. The van der Waals surface area contributed by atoms with E-state index in [4.69, 9.17) is 9.47 Å². The number of hydrogen-bond donors (Lipinski definition) is 1. The van der Waals surface area contributed by atoms with E-state index in [1.807, 2.05) is 13.8 Å². The molecule has 7 heteroatoms. The maximum Gasteiger partial charge on any atom is 0.387 e. The third-order valence-electron chi connectivity index (χ3n) is 3.16. The van der Waals surface area contributed by atoms with Crippen molar-refractivity contribution in [3.05, 3.63) is 48.0 Å². The molecular formula is C18H19F2NO4. The highest BCUT2D eigenvalue weighted by Crippen LogP contribution is 2.31. The summed E-state index contributed by atoms with van der Waals surface area (Å²) in [6.07, 6.45) is 0. The van der Waals surface area contributed by atoms with Gasteiger partial charge < -0.3 is 19.5 Å². The number of amides is 1. The van der Waals surface area contributed by atoms with Gasteiger partial charge in [-0.25, -0.2) is 0 Å². The largest absolute Gasteiger partial charge is 0.494 e. The Hall–Kier alpha value is -2.83. The molecule has 25 heavy (non-hydrogen) atoms. The fourth-order valence-corrected chi connectivity index (χ4v) is 2.19. The summed E-state index contributed by atoms with van der Waals surface area (Å²) in [6, 6.07) is 10.8. The van der Waals surface area contributed by atoms with E-state index >= 15 is 0 Å². The number of carbonyl (C=O) groups excluding carboxylic acids is 1. The molecule has 0 saturated carbocycles. The van der Waals surface area contributed by atoms with Crippen LogP contribution in [0.3, 0.4) is 0 Å². The Morgan fingerprint density at radius 2 is 1.76 bits per heavy atom. The Morgan fingerprint density at radius 1 is 1.04 bits per heavy atom. The van der Waals surface area contributed by atoms with Gasteiger partial charge in [0, 0.05) is 6.07 Å². The average molecular weight is 351 g/mol. The maximum atomic E-state index is 12.5. The lowest BCUT2D eigenvalue weighted by atomic mass is 10.1. The van der Waals surface area contributed by atoms with E-state index in [2.05, 4.69) is 10.1 Å². The Morgan fingerprint density at radius 3 is 2.44 bits per heavy atom. The van der Waals surface area contributed by atoms with Crippen LogP contribution < -0.4 is 19.5 Å². The Kier molecular flexibility index (Phi) is 6.56. The van der Waals surface area contributed by atoms with Gasteiger partial charge in [0.2, 0.25) is 0 Å². The monoisotopic (exact) mass is 351 g/mol. The van der Waals surface area contributed by atoms with Crippen LogP contribution in [0.25, 0.3) is 0 Å². The molecular weight excluding hydrogens is 332 g/mol. The third kappa shape index (κ3) is 5.07. The van der Waals surface area contributed by atoms with Gasteiger partial charge in [-0.05, 0) is 38.1 Å². The van der Waals surface area contributed by atoms with E-state index in [9.17, 15) is 13.6 Å². The zero-order chi connectivity index (χ0) is 18.2. The number of carbonyl (C=O) groups is 1. The van der Waals surface area contributed by atoms with Gasteiger partial charge in [0.15, 0.2) is 0 Å². The van der Waals surface area contributed by atoms with Crippen LogP contribution in [-0.4, -0.2) is 25.7 Å². The number of alkyl halides is 2. The molecule has 0 fully saturated rings. The fraction of sp³-hybridized carbons (Fsp3) is 0.278. The highest BCUT2D eigenvalue weighted by atomic mass is 19.3. The number of hydrogen-bond acceptors (Lipinski definition) is 4. The SMILES string of the molecule is CCOc1ccc(OCC)c(NC(=O)c2ccccc2OC(F)F)c1. The van der Waals surface area contributed by atoms with Crippen LogP contribution >= 0.6 is 0 Å². The molecule has 5 nitrogen and oxygen atoms in total. The first kappa shape index (κ1) is 18.5. The third-order valence-corrected chi connectivity index (χ3v) is 3.16. The molecule has 0 radical (unpaired) electrons. The Labute approximate surface area is 144 Å². The zero-order valence-electron chi connectivity index (χ0n) is 13.9. The van der Waals surface area contributed by atoms with Crippen molar-refractivity contribution in [3.63, 3.8) is 0 Å². The van der Waals surface area contributed by atoms with Crippen LogP contribution in [0.15, 0.2) is 42.5 Å². The maximum absolute atomic E-state index is 12.5. The molecule has 0 atom stereocenters. The van der Waals surface area contributed by atoms with Gasteiger partial charge in [0.25, 0.3) is 5.91 Å². The molecule has 0 heterocycles. The highest BCUT2D eigenvalue weighted by molar-refractivity contribution is 6.07. The lowest BCUT2D eigenvalue weighted by Crippen LogP contribution is -2.15. The van der Waals surface area contributed by atoms with Crippen LogP contribution in [0.2, 0.25) is 0 Å². The van der Waals surface area contributed by atoms with Crippen molar-refractivity contribution in [2.24, 2.45) is 0 Å². The Balaban J connectivity index is 2.29. The quantitative estimate of drug-likeness (QED) is 0.769. The fourth-order valence-electron chi connectivity index (χ4n) is 2.19. The van der Waals surface area contributed by atoms with Gasteiger partial charge in [0.05, 0.1) is 24.5 Å². The van der Waals surface area contributed by atoms with Gasteiger partial charge in [0.1, 0.15) is 17.2 Å². The number of anilines is 1. The molecule has 0 unspecified atom stereocenters. The van der Waals surface area contributed by atoms with Crippen LogP contribution in [0.5, 0.6) is 17.2 Å². The molecule has 0 aliphatic rings. The summed E-state index contributed by atoms with van der Waals surface area (Å²) in [5, 5.41) is 2.66. The predicted molar refractivity (Wildman–Crippen MR) is 89.8 cm³/mol. The number of ether oxygens (including phenoxy) is 3. The first-order chi connectivity index (χ1) is 12.0. The minimum atomic E-state index is -3.02. The van der Waals surface area contributed by atoms with Crippen LogP contribution in [0.1, 0.15) is 24.2 Å². The van der Waals surface area contributed by atoms with Crippen molar-refractivity contribution in [1.29, 1.82) is 0 Å². The number of halogens is 2. The molecule has 0 aliphatic carbocycles. The van der Waals surface area contributed by atoms with E-state index < -0.39 is 12.5 Å². The molecule has 2 aromatic rings. The van der Waals surface area contributed by atoms with Crippen molar-refractivity contribution >= 4 is 11.6 Å². The summed E-state index contributed by atoms with van der Waals surface area (Å²) in [4.78, 5) is 12.5. The van der Waals surface area contributed by atoms with Crippen LogP contribution in [-0.2, 0) is 0 Å². The van der Waals surface area contributed by atoms with Crippen molar-refractivity contribution in [3.8, 4) is 17.2 Å². The Bertz CT molecular complexity index is 722. The second-order valence-corrected chi connectivity index (χ2v) is 4.85. The van der Waals surface area contributed by atoms with E-state index in [0.29, 0.717) is 30.4 Å². The van der Waals surface area contributed by atoms with Crippen LogP contribution in [0, 0.1) is 0 Å². The standard InChI is InChI=1S/C18H19F2NO4/c1-3-23-12-9-10-16(24-4-2)14(11-12)21-17(22)13-7-5-6-8-15(13)25-18(19)20/h5-11,18H,3-4H2,1-2H3,(H,21,22). The normalized spacial score (nSPS) is 10.4. The lowest BCUT2D eigenvalue weighted by Gasteiger charge is -2.15. The molecule has 2 aromatic carbocycles. The smallest absolute Gasteiger partial charge is 0.387 e. The van der Waals surface area contributed by atoms with Gasteiger partial charge in [-0.1, -0.05) is 12.1 Å². The van der Waals surface area contributed by atoms with Gasteiger partial charge >= 0.3 is 6.61 Å². The highest BCUT2D eigenvalue weighted by Gasteiger charge is 2.17. The van der Waals surface area contributed by atoms with Gasteiger partial charge in [-0.3, -0.25) is 4.79 Å². The minimum Gasteiger partial charge on any atom is -0.494 e. The molecule has 2 rings (SSSR count). The minimum absolute atomic E-state index is 0.00735. The summed E-state index contributed by atoms with van der Waals surface area (Å²) >= 11 is 0. The number of rotatable bonds is 8. The number of benzene rings is 2. The molecule has 0 spiro atoms. The van der Waals surface area contributed by atoms with E-state index in [1.54, 1.807) is 24.3 Å². The van der Waals surface area contributed by atoms with Crippen molar-refractivity contribution in [1.82, 2.24) is 0 Å². The van der Waals surface area contributed by atoms with Gasteiger partial charge in [-0.2, -0.15) is 8.78 Å². The first-order valence-corrected chi connectivity index (χ1v) is 7.80. The second-order valence-electron chi connectivity index (χ2n) is 4.85. The number of para-hydroxylation sites is 1. The summed E-state index contributed by atoms with van der Waals surface area (Å²) in [5.74, 6) is 0.213. The summed E-state index contributed by atoms with van der Waals surface area (Å²) < 4.78 is 40.3. The van der Waals surface area contributed by atoms with Crippen molar-refractivity contribution in [2.45, 2.75) is 20.5 Å². The van der Waals surface area contributed by atoms with E-state index in [0.717, 1.165) is 0 Å². The molecule has 1 N–H and O–H groups in total. The zero-order valence-corrected chi connectivity index (χ0v) is 13.9. The average Bonchev–Trinajstić information content (AvgIpc) is 2.57. The van der Waals surface area contributed by atoms with Gasteiger partial charge in [-0.15, -0.1) is 0 Å². The molecule has 0 aromatic heterocycles. The van der Waals surface area contributed by atoms with Crippen molar-refractivity contribution < 1.29 is 27.8 Å². The predicted octanol–water partition coefficient (Wildman–Crippen LogP) is 4.34. The molecule has 0 aliphatic heterocycles. The molecule has 1 amide bonds. The van der Waals surface area contributed by atoms with E-state index in [-0.39, 0.29) is 11.3 Å². The van der Waals surface area contributed by atoms with Crippen molar-refractivity contribution in [2.75, 3.05) is 18.5 Å². The lowest BCUT2D eigenvalue weighted by molar-refractivity contribution is -0.0501. The second kappa shape index (κ2) is 8.86. The summed E-state index contributed by atoms with van der Waals surface area (Å²) in [6.45, 7) is 1.50. The molecule has 0 saturated heterocycles. The van der Waals surface area contributed by atoms with E-state index in [1.165, 1.54) is 18.2 Å². The molecule has 0 bridgehead atoms. The summed E-state index contributed by atoms with van der Waals surface area (Å²) in [5.41, 5.74) is 0.372. The topological polar surface area (TPSA) is 56.8 Å². The number of nitrogens with one attached hydrogen (secondary N) is 1.